The second kappa shape index (κ2) is 7.38. The highest BCUT2D eigenvalue weighted by Gasteiger charge is 2.21. The zero-order chi connectivity index (χ0) is 14.4. The number of nitrogens with zero attached hydrogens (tertiary/aromatic N) is 3. The van der Waals surface area contributed by atoms with E-state index in [1.807, 2.05) is 0 Å². The van der Waals surface area contributed by atoms with Gasteiger partial charge in [-0.05, 0) is 44.7 Å². The topological polar surface area (TPSA) is 79.5 Å². The van der Waals surface area contributed by atoms with Crippen LogP contribution in [0.15, 0.2) is 4.52 Å². The lowest BCUT2D eigenvalue weighted by Gasteiger charge is -2.30. The first-order valence-electron chi connectivity index (χ1n) is 7.43. The molecular formula is C14H23N3O3. The van der Waals surface area contributed by atoms with Crippen LogP contribution in [0.3, 0.4) is 0 Å². The van der Waals surface area contributed by atoms with Crippen LogP contribution in [0, 0.1) is 5.92 Å². The summed E-state index contributed by atoms with van der Waals surface area (Å²) in [6.45, 7) is 4.77. The second-order valence-corrected chi connectivity index (χ2v) is 5.51. The Morgan fingerprint density at radius 3 is 2.85 bits per heavy atom. The van der Waals surface area contributed by atoms with Crippen LogP contribution in [0.25, 0.3) is 0 Å². The summed E-state index contributed by atoms with van der Waals surface area (Å²) in [4.78, 5) is 17.2. The third-order valence-corrected chi connectivity index (χ3v) is 3.82. The van der Waals surface area contributed by atoms with E-state index in [-0.39, 0.29) is 6.42 Å². The average Bonchev–Trinajstić information content (AvgIpc) is 2.86. The molecule has 1 aromatic heterocycles. The van der Waals surface area contributed by atoms with Crippen molar-refractivity contribution in [1.82, 2.24) is 15.0 Å². The Morgan fingerprint density at radius 2 is 2.20 bits per heavy atom. The van der Waals surface area contributed by atoms with E-state index in [9.17, 15) is 4.79 Å². The van der Waals surface area contributed by atoms with Gasteiger partial charge in [0.2, 0.25) is 5.89 Å². The maximum atomic E-state index is 10.6. The number of carbonyl (C=O) groups is 1. The Labute approximate surface area is 119 Å². The van der Waals surface area contributed by atoms with Gasteiger partial charge in [0.15, 0.2) is 5.82 Å². The molecule has 0 unspecified atom stereocenters. The Hall–Kier alpha value is -1.43. The summed E-state index contributed by atoms with van der Waals surface area (Å²) in [5, 5.41) is 12.7. The number of aliphatic carboxylic acids is 1. The number of aryl methyl sites for hydroxylation is 1. The zero-order valence-corrected chi connectivity index (χ0v) is 12.0. The number of carboxylic acid groups (broad SMARTS) is 1. The van der Waals surface area contributed by atoms with E-state index in [0.29, 0.717) is 18.4 Å². The molecule has 0 radical (unpaired) electrons. The smallest absolute Gasteiger partial charge is 0.303 e. The van der Waals surface area contributed by atoms with Gasteiger partial charge in [0.25, 0.3) is 0 Å². The Morgan fingerprint density at radius 1 is 1.45 bits per heavy atom. The lowest BCUT2D eigenvalue weighted by molar-refractivity contribution is -0.137. The molecule has 1 N–H and O–H groups in total. The molecule has 0 amide bonds. The van der Waals surface area contributed by atoms with Crippen LogP contribution in [0.1, 0.15) is 50.7 Å². The van der Waals surface area contributed by atoms with Crippen LogP contribution in [0.4, 0.5) is 0 Å². The quantitative estimate of drug-likeness (QED) is 0.824. The molecule has 1 aromatic rings. The summed E-state index contributed by atoms with van der Waals surface area (Å²) in [5.41, 5.74) is 0. The molecule has 6 heteroatoms. The van der Waals surface area contributed by atoms with Gasteiger partial charge in [-0.15, -0.1) is 0 Å². The fourth-order valence-electron chi connectivity index (χ4n) is 2.63. The Balaban J connectivity index is 1.72. The van der Waals surface area contributed by atoms with E-state index in [1.54, 1.807) is 0 Å². The molecule has 0 aromatic carbocycles. The van der Waals surface area contributed by atoms with Crippen LogP contribution in [0.5, 0.6) is 0 Å². The summed E-state index contributed by atoms with van der Waals surface area (Å²) in [7, 11) is 0. The molecule has 2 heterocycles. The minimum absolute atomic E-state index is 0.286. The third-order valence-electron chi connectivity index (χ3n) is 3.82. The fourth-order valence-corrected chi connectivity index (χ4v) is 2.63. The van der Waals surface area contributed by atoms with Gasteiger partial charge < -0.3 is 9.63 Å². The van der Waals surface area contributed by atoms with E-state index >= 15 is 0 Å². The highest BCUT2D eigenvalue weighted by atomic mass is 16.5. The van der Waals surface area contributed by atoms with Gasteiger partial charge in [0.1, 0.15) is 0 Å². The van der Waals surface area contributed by atoms with Crippen molar-refractivity contribution in [2.45, 2.75) is 52.0 Å². The molecule has 0 saturated carbocycles. The molecule has 0 bridgehead atoms. The highest BCUT2D eigenvalue weighted by Crippen LogP contribution is 2.22. The normalized spacial score (nSPS) is 17.4. The van der Waals surface area contributed by atoms with Gasteiger partial charge in [-0.1, -0.05) is 12.1 Å². The molecule has 0 aliphatic carbocycles. The fraction of sp³-hybridized carbons (Fsp3) is 0.786. The predicted octanol–water partition coefficient (Wildman–Crippen LogP) is 2.10. The monoisotopic (exact) mass is 281 g/mol. The molecule has 1 fully saturated rings. The van der Waals surface area contributed by atoms with Crippen LogP contribution < -0.4 is 0 Å². The molecule has 2 rings (SSSR count). The van der Waals surface area contributed by atoms with Gasteiger partial charge in [-0.25, -0.2) is 0 Å². The van der Waals surface area contributed by atoms with E-state index in [4.69, 9.17) is 9.63 Å². The summed E-state index contributed by atoms with van der Waals surface area (Å²) in [6, 6.07) is 0. The van der Waals surface area contributed by atoms with Crippen molar-refractivity contribution in [3.05, 3.63) is 11.7 Å². The van der Waals surface area contributed by atoms with Crippen LogP contribution in [-0.4, -0.2) is 39.2 Å². The molecule has 20 heavy (non-hydrogen) atoms. The van der Waals surface area contributed by atoms with Crippen molar-refractivity contribution < 1.29 is 14.4 Å². The molecular weight excluding hydrogens is 258 g/mol. The maximum absolute atomic E-state index is 10.6. The molecule has 112 valence electrons. The lowest BCUT2D eigenvalue weighted by atomic mass is 9.92. The first-order chi connectivity index (χ1) is 9.67. The highest BCUT2D eigenvalue weighted by molar-refractivity contribution is 5.66. The number of carboxylic acids is 1. The van der Waals surface area contributed by atoms with Crippen molar-refractivity contribution in [3.8, 4) is 0 Å². The minimum atomic E-state index is -0.693. The SMILES string of the molecule is CCCc1noc(CN2CCC(CCC(=O)O)CC2)n1. The standard InChI is InChI=1S/C14H23N3O3/c1-2-3-12-15-13(20-16-12)10-17-8-6-11(7-9-17)4-5-14(18)19/h11H,2-10H2,1H3,(H,18,19). The maximum Gasteiger partial charge on any atom is 0.303 e. The van der Waals surface area contributed by atoms with Crippen molar-refractivity contribution in [2.75, 3.05) is 13.1 Å². The molecule has 0 atom stereocenters. The van der Waals surface area contributed by atoms with Gasteiger partial charge in [-0.2, -0.15) is 4.98 Å². The first kappa shape index (κ1) is 15.0. The Bertz CT molecular complexity index is 425. The zero-order valence-electron chi connectivity index (χ0n) is 12.0. The summed E-state index contributed by atoms with van der Waals surface area (Å²) in [6.07, 6.45) is 5.08. The Kier molecular flexibility index (Phi) is 5.52. The number of hydrogen-bond acceptors (Lipinski definition) is 5. The van der Waals surface area contributed by atoms with E-state index in [1.165, 1.54) is 0 Å². The molecule has 6 nitrogen and oxygen atoms in total. The number of likely N-dealkylation sites (tertiary alicyclic amines) is 1. The summed E-state index contributed by atoms with van der Waals surface area (Å²) < 4.78 is 5.25. The molecule has 0 spiro atoms. The summed E-state index contributed by atoms with van der Waals surface area (Å²) in [5.74, 6) is 1.33. The predicted molar refractivity (Wildman–Crippen MR) is 73.2 cm³/mol. The van der Waals surface area contributed by atoms with Gasteiger partial charge in [-0.3, -0.25) is 9.69 Å². The van der Waals surface area contributed by atoms with E-state index in [2.05, 4.69) is 22.0 Å². The molecule has 1 saturated heterocycles. The van der Waals surface area contributed by atoms with Crippen LogP contribution in [0.2, 0.25) is 0 Å². The molecule has 1 aliphatic rings. The van der Waals surface area contributed by atoms with Crippen molar-refractivity contribution in [1.29, 1.82) is 0 Å². The third kappa shape index (κ3) is 4.59. The van der Waals surface area contributed by atoms with E-state index in [0.717, 1.165) is 51.0 Å². The molecule has 1 aliphatic heterocycles. The van der Waals surface area contributed by atoms with Gasteiger partial charge in [0, 0.05) is 12.8 Å². The summed E-state index contributed by atoms with van der Waals surface area (Å²) >= 11 is 0. The number of aromatic nitrogens is 2. The van der Waals surface area contributed by atoms with Crippen LogP contribution >= 0.6 is 0 Å². The number of rotatable bonds is 7. The lowest BCUT2D eigenvalue weighted by Crippen LogP contribution is -2.33. The van der Waals surface area contributed by atoms with Crippen LogP contribution in [-0.2, 0) is 17.8 Å². The largest absolute Gasteiger partial charge is 0.481 e. The number of piperidine rings is 1. The van der Waals surface area contributed by atoms with E-state index < -0.39 is 5.97 Å². The van der Waals surface area contributed by atoms with Crippen molar-refractivity contribution in [2.24, 2.45) is 5.92 Å². The van der Waals surface area contributed by atoms with Gasteiger partial charge >= 0.3 is 5.97 Å². The average molecular weight is 281 g/mol. The number of hydrogen-bond donors (Lipinski definition) is 1. The first-order valence-corrected chi connectivity index (χ1v) is 7.43. The van der Waals surface area contributed by atoms with Crippen molar-refractivity contribution in [3.63, 3.8) is 0 Å². The second-order valence-electron chi connectivity index (χ2n) is 5.51. The van der Waals surface area contributed by atoms with Crippen molar-refractivity contribution >= 4 is 5.97 Å². The minimum Gasteiger partial charge on any atom is -0.481 e. The van der Waals surface area contributed by atoms with Gasteiger partial charge in [0.05, 0.1) is 6.54 Å².